The number of methoxy groups -OCH3 is 1. The summed E-state index contributed by atoms with van der Waals surface area (Å²) in [5, 5.41) is 0. The number of unbranched alkanes of at least 4 members (excludes halogenated alkanes) is 3. The Balaban J connectivity index is 2.81. The Morgan fingerprint density at radius 2 is 1.47 bits per heavy atom. The van der Waals surface area contributed by atoms with E-state index in [1.54, 1.807) is 0 Å². The topological polar surface area (TPSA) is 56.5 Å². The monoisotopic (exact) mass is 520 g/mol. The van der Waals surface area contributed by atoms with Crippen LogP contribution in [0.5, 0.6) is 0 Å². The third-order valence-electron chi connectivity index (χ3n) is 6.00. The quantitative estimate of drug-likeness (QED) is 0.250. The Morgan fingerprint density at radius 1 is 0.933 bits per heavy atom. The van der Waals surface area contributed by atoms with Gasteiger partial charge in [-0.3, -0.25) is 0 Å². The van der Waals surface area contributed by atoms with Crippen LogP contribution in [0.1, 0.15) is 69.9 Å². The summed E-state index contributed by atoms with van der Waals surface area (Å²) in [6.07, 6.45) is 6.94. The van der Waals surface area contributed by atoms with Gasteiger partial charge in [-0.2, -0.15) is 0 Å². The van der Waals surface area contributed by atoms with E-state index in [0.29, 0.717) is 5.56 Å². The van der Waals surface area contributed by atoms with Crippen molar-refractivity contribution in [3.63, 3.8) is 0 Å². The fraction of sp³-hybridized carbons (Fsp3) is 0.520. The van der Waals surface area contributed by atoms with Gasteiger partial charge < -0.3 is 0 Å². The molecular weight excluding hydrogens is 483 g/mol. The molecule has 5 heteroatoms. The molecule has 0 bridgehead atoms. The zero-order chi connectivity index (χ0) is 22.0. The van der Waals surface area contributed by atoms with Gasteiger partial charge in [-0.1, -0.05) is 0 Å². The third-order valence-corrected chi connectivity index (χ3v) is 21.6. The Bertz CT molecular complexity index is 835. The second kappa shape index (κ2) is 12.3. The van der Waals surface area contributed by atoms with Crippen LogP contribution >= 0.6 is 0 Å². The number of rotatable bonds is 12. The second-order valence-corrected chi connectivity index (χ2v) is 21.3. The fourth-order valence-electron chi connectivity index (χ4n) is 4.32. The maximum absolute atomic E-state index is 13.2. The van der Waals surface area contributed by atoms with E-state index in [9.17, 15) is 9.59 Å². The number of benzene rings is 1. The van der Waals surface area contributed by atoms with Crippen LogP contribution in [-0.4, -0.2) is 31.5 Å². The summed E-state index contributed by atoms with van der Waals surface area (Å²) in [7, 11) is 1.33. The molecule has 0 atom stereocenters. The summed E-state index contributed by atoms with van der Waals surface area (Å²) in [6.45, 7) is 6.69. The van der Waals surface area contributed by atoms with E-state index < -0.39 is 30.0 Å². The number of hydrogen-bond acceptors (Lipinski definition) is 4. The Morgan fingerprint density at radius 3 is 1.93 bits per heavy atom. The van der Waals surface area contributed by atoms with Crippen molar-refractivity contribution in [3.8, 4) is 11.1 Å². The maximum atomic E-state index is 13.2. The van der Waals surface area contributed by atoms with Gasteiger partial charge in [-0.15, -0.1) is 0 Å². The van der Waals surface area contributed by atoms with Gasteiger partial charge in [-0.25, -0.2) is 0 Å². The molecule has 0 amide bonds. The summed E-state index contributed by atoms with van der Waals surface area (Å²) in [4.78, 5) is 25.5. The van der Waals surface area contributed by atoms with E-state index in [1.807, 2.05) is 36.4 Å². The zero-order valence-electron chi connectivity index (χ0n) is 19.0. The number of esters is 1. The number of hydrogen-bond donors (Lipinski definition) is 0. The minimum atomic E-state index is -3.02. The van der Waals surface area contributed by atoms with Gasteiger partial charge in [0.15, 0.2) is 0 Å². The van der Waals surface area contributed by atoms with Gasteiger partial charge in [0.05, 0.1) is 0 Å². The zero-order valence-corrected chi connectivity index (χ0v) is 21.8. The average molecular weight is 519 g/mol. The fourth-order valence-corrected chi connectivity index (χ4v) is 21.0. The predicted molar refractivity (Wildman–Crippen MR) is 126 cm³/mol. The van der Waals surface area contributed by atoms with E-state index in [1.165, 1.54) is 39.7 Å². The van der Waals surface area contributed by atoms with Crippen molar-refractivity contribution in [2.24, 2.45) is 0 Å². The summed E-state index contributed by atoms with van der Waals surface area (Å²) in [6, 6.07) is 11.7. The molecule has 0 unspecified atom stereocenters. The predicted octanol–water partition coefficient (Wildman–Crippen LogP) is 6.15. The molecule has 0 saturated carbocycles. The van der Waals surface area contributed by atoms with Crippen LogP contribution in [0.15, 0.2) is 45.6 Å². The van der Waals surface area contributed by atoms with Gasteiger partial charge in [0.1, 0.15) is 0 Å². The Labute approximate surface area is 184 Å². The number of ether oxygens (including phenoxy) is 1. The molecule has 0 aliphatic carbocycles. The first-order chi connectivity index (χ1) is 14.5. The van der Waals surface area contributed by atoms with Crippen LogP contribution in [-0.2, 0) is 4.74 Å². The van der Waals surface area contributed by atoms with E-state index >= 15 is 0 Å². The first-order valence-corrected chi connectivity index (χ1v) is 18.8. The molecule has 30 heavy (non-hydrogen) atoms. The van der Waals surface area contributed by atoms with Crippen LogP contribution in [0.3, 0.4) is 0 Å². The molecule has 1 aromatic carbocycles. The molecule has 0 radical (unpaired) electrons. The van der Waals surface area contributed by atoms with Gasteiger partial charge in [0, 0.05) is 0 Å². The molecule has 0 fully saturated rings. The van der Waals surface area contributed by atoms with E-state index in [0.717, 1.165) is 28.4 Å². The number of carbonyl (C=O) groups is 1. The van der Waals surface area contributed by atoms with Crippen molar-refractivity contribution >= 4 is 27.9 Å². The van der Waals surface area contributed by atoms with Crippen molar-refractivity contribution in [3.05, 3.63) is 52.6 Å². The Hall–Kier alpha value is -1.56. The molecule has 2 aromatic rings. The van der Waals surface area contributed by atoms with Crippen LogP contribution in [0.25, 0.3) is 11.1 Å². The molecule has 164 valence electrons. The Kier molecular flexibility index (Phi) is 10.2. The molecule has 0 aliphatic heterocycles. The van der Waals surface area contributed by atoms with Crippen LogP contribution < -0.4 is 9.20 Å². The summed E-state index contributed by atoms with van der Waals surface area (Å²) in [5.74, 6) is -0.530. The molecule has 0 spiro atoms. The molecule has 0 N–H and O–H groups in total. The first-order valence-electron chi connectivity index (χ1n) is 11.3. The summed E-state index contributed by atoms with van der Waals surface area (Å²) < 4.78 is 15.1. The molecule has 0 aliphatic rings. The molecule has 1 aromatic heterocycles. The van der Waals surface area contributed by atoms with Gasteiger partial charge in [-0.05, 0) is 0 Å². The summed E-state index contributed by atoms with van der Waals surface area (Å²) in [5.41, 5.74) is 1.16. The molecule has 4 nitrogen and oxygen atoms in total. The van der Waals surface area contributed by atoms with Crippen molar-refractivity contribution < 1.29 is 13.9 Å². The SMILES string of the molecule is CCC[CH2][Sn]([CH2]CCC)([CH2]CCC)[c]1cc(C(=O)OC)oc(=O)c1-c1ccccc1. The molecular formula is C25H36O4Sn. The van der Waals surface area contributed by atoms with Crippen molar-refractivity contribution in [2.75, 3.05) is 7.11 Å². The van der Waals surface area contributed by atoms with E-state index in [2.05, 4.69) is 20.8 Å². The van der Waals surface area contributed by atoms with Crippen LogP contribution in [0.2, 0.25) is 13.3 Å². The molecule has 2 rings (SSSR count). The van der Waals surface area contributed by atoms with Crippen molar-refractivity contribution in [1.29, 1.82) is 0 Å². The van der Waals surface area contributed by atoms with E-state index in [4.69, 9.17) is 9.15 Å². The minimum absolute atomic E-state index is 0.0442. The van der Waals surface area contributed by atoms with Gasteiger partial charge in [0.25, 0.3) is 0 Å². The normalized spacial score (nSPS) is 11.5. The van der Waals surface area contributed by atoms with Crippen LogP contribution in [0.4, 0.5) is 0 Å². The number of carbonyl (C=O) groups excluding carboxylic acids is 1. The molecule has 0 saturated heterocycles. The average Bonchev–Trinajstić information content (AvgIpc) is 2.78. The van der Waals surface area contributed by atoms with Crippen molar-refractivity contribution in [2.45, 2.75) is 72.6 Å². The van der Waals surface area contributed by atoms with E-state index in [-0.39, 0.29) is 5.76 Å². The van der Waals surface area contributed by atoms with Crippen LogP contribution in [0, 0.1) is 0 Å². The summed E-state index contributed by atoms with van der Waals surface area (Å²) >= 11 is -3.02. The van der Waals surface area contributed by atoms with Crippen molar-refractivity contribution in [1.82, 2.24) is 0 Å². The molecule has 1 heterocycles. The first kappa shape index (κ1) is 24.7. The standard InChI is InChI=1S/C13H9O4.3C4H9.Sn/c1-16-13(15)11-8-7-10(12(14)17-11)9-5-3-2-4-6-9;3*1-3-4-2;/h2-6,8H,1H3;3*1,3-4H2,2H3;. The third kappa shape index (κ3) is 5.99. The van der Waals surface area contributed by atoms with Gasteiger partial charge >= 0.3 is 185 Å². The second-order valence-electron chi connectivity index (χ2n) is 8.14. The van der Waals surface area contributed by atoms with Gasteiger partial charge in [0.2, 0.25) is 0 Å².